The highest BCUT2D eigenvalue weighted by molar-refractivity contribution is 6.17. The van der Waals surface area contributed by atoms with E-state index in [4.69, 9.17) is 16.3 Å². The van der Waals surface area contributed by atoms with Crippen LogP contribution in [0.25, 0.3) is 0 Å². The summed E-state index contributed by atoms with van der Waals surface area (Å²) >= 11 is 5.71. The SMILES string of the molecule is ClCc1ccc(NC2CCOC2)cc1. The van der Waals surface area contributed by atoms with Crippen LogP contribution in [-0.4, -0.2) is 19.3 Å². The van der Waals surface area contributed by atoms with Gasteiger partial charge in [-0.25, -0.2) is 0 Å². The number of hydrogen-bond acceptors (Lipinski definition) is 2. The molecule has 0 spiro atoms. The molecule has 0 saturated carbocycles. The van der Waals surface area contributed by atoms with Gasteiger partial charge in [0.25, 0.3) is 0 Å². The highest BCUT2D eigenvalue weighted by Gasteiger charge is 2.14. The van der Waals surface area contributed by atoms with E-state index in [1.54, 1.807) is 0 Å². The molecule has 1 aliphatic rings. The van der Waals surface area contributed by atoms with Gasteiger partial charge in [0.15, 0.2) is 0 Å². The Kier molecular flexibility index (Phi) is 3.27. The monoisotopic (exact) mass is 211 g/mol. The number of hydrogen-bond donors (Lipinski definition) is 1. The zero-order valence-corrected chi connectivity index (χ0v) is 8.76. The molecule has 1 aromatic rings. The third-order valence-corrected chi connectivity index (χ3v) is 2.72. The molecule has 1 atom stereocenters. The Morgan fingerprint density at radius 2 is 2.14 bits per heavy atom. The summed E-state index contributed by atoms with van der Waals surface area (Å²) in [5.74, 6) is 0.576. The van der Waals surface area contributed by atoms with Crippen molar-refractivity contribution in [2.75, 3.05) is 18.5 Å². The molecule has 2 rings (SSSR count). The van der Waals surface area contributed by atoms with Gasteiger partial charge in [-0.2, -0.15) is 0 Å². The topological polar surface area (TPSA) is 21.3 Å². The van der Waals surface area contributed by atoms with Gasteiger partial charge in [0.2, 0.25) is 0 Å². The average Bonchev–Trinajstić information content (AvgIpc) is 2.72. The molecule has 1 fully saturated rings. The van der Waals surface area contributed by atoms with Crippen molar-refractivity contribution in [2.24, 2.45) is 0 Å². The van der Waals surface area contributed by atoms with Crippen molar-refractivity contribution < 1.29 is 4.74 Å². The Balaban J connectivity index is 1.95. The number of anilines is 1. The molecule has 1 unspecified atom stereocenters. The largest absolute Gasteiger partial charge is 0.380 e. The zero-order chi connectivity index (χ0) is 9.80. The Morgan fingerprint density at radius 3 is 2.71 bits per heavy atom. The van der Waals surface area contributed by atoms with Gasteiger partial charge < -0.3 is 10.1 Å². The van der Waals surface area contributed by atoms with E-state index >= 15 is 0 Å². The van der Waals surface area contributed by atoms with Gasteiger partial charge in [0.05, 0.1) is 12.6 Å². The number of nitrogens with one attached hydrogen (secondary N) is 1. The molecule has 0 amide bonds. The maximum absolute atomic E-state index is 5.71. The smallest absolute Gasteiger partial charge is 0.0668 e. The molecule has 1 aliphatic heterocycles. The van der Waals surface area contributed by atoms with Crippen molar-refractivity contribution in [1.29, 1.82) is 0 Å². The fourth-order valence-corrected chi connectivity index (χ4v) is 1.75. The highest BCUT2D eigenvalue weighted by Crippen LogP contribution is 2.15. The molecule has 2 nitrogen and oxygen atoms in total. The van der Waals surface area contributed by atoms with Crippen molar-refractivity contribution in [2.45, 2.75) is 18.3 Å². The van der Waals surface area contributed by atoms with Gasteiger partial charge >= 0.3 is 0 Å². The third-order valence-electron chi connectivity index (χ3n) is 2.41. The minimum Gasteiger partial charge on any atom is -0.380 e. The second kappa shape index (κ2) is 4.67. The van der Waals surface area contributed by atoms with E-state index in [1.807, 2.05) is 12.1 Å². The van der Waals surface area contributed by atoms with Crippen LogP contribution < -0.4 is 5.32 Å². The summed E-state index contributed by atoms with van der Waals surface area (Å²) in [6, 6.07) is 8.69. The zero-order valence-electron chi connectivity index (χ0n) is 8.00. The quantitative estimate of drug-likeness (QED) is 0.777. The van der Waals surface area contributed by atoms with Crippen molar-refractivity contribution in [3.8, 4) is 0 Å². The molecule has 3 heteroatoms. The van der Waals surface area contributed by atoms with Crippen molar-refractivity contribution >= 4 is 17.3 Å². The van der Waals surface area contributed by atoms with E-state index < -0.39 is 0 Å². The van der Waals surface area contributed by atoms with Crippen LogP contribution in [0.3, 0.4) is 0 Å². The predicted octanol–water partition coefficient (Wildman–Crippen LogP) is 2.63. The number of alkyl halides is 1. The molecule has 1 saturated heterocycles. The van der Waals surface area contributed by atoms with E-state index in [1.165, 1.54) is 0 Å². The molecular formula is C11H14ClNO. The minimum absolute atomic E-state index is 0.469. The first-order chi connectivity index (χ1) is 6.88. The Labute approximate surface area is 89.2 Å². The lowest BCUT2D eigenvalue weighted by Gasteiger charge is -2.12. The Bertz CT molecular complexity index is 280. The first-order valence-corrected chi connectivity index (χ1v) is 5.41. The maximum Gasteiger partial charge on any atom is 0.0668 e. The fraction of sp³-hybridized carbons (Fsp3) is 0.455. The van der Waals surface area contributed by atoms with Gasteiger partial charge in [0, 0.05) is 18.2 Å². The number of rotatable bonds is 3. The van der Waals surface area contributed by atoms with E-state index in [9.17, 15) is 0 Å². The third kappa shape index (κ3) is 2.40. The summed E-state index contributed by atoms with van der Waals surface area (Å²) in [5.41, 5.74) is 2.30. The fourth-order valence-electron chi connectivity index (χ4n) is 1.57. The lowest BCUT2D eigenvalue weighted by atomic mass is 10.2. The van der Waals surface area contributed by atoms with Crippen molar-refractivity contribution in [1.82, 2.24) is 0 Å². The van der Waals surface area contributed by atoms with Gasteiger partial charge in [-0.3, -0.25) is 0 Å². The summed E-state index contributed by atoms with van der Waals surface area (Å²) in [5, 5.41) is 3.42. The van der Waals surface area contributed by atoms with Crippen molar-refractivity contribution in [3.05, 3.63) is 29.8 Å². The van der Waals surface area contributed by atoms with Gasteiger partial charge in [-0.1, -0.05) is 12.1 Å². The van der Waals surface area contributed by atoms with Gasteiger partial charge in [-0.15, -0.1) is 11.6 Å². The van der Waals surface area contributed by atoms with E-state index in [2.05, 4.69) is 17.4 Å². The minimum atomic E-state index is 0.469. The van der Waals surface area contributed by atoms with E-state index in [0.29, 0.717) is 11.9 Å². The summed E-state index contributed by atoms with van der Waals surface area (Å²) in [6.07, 6.45) is 1.09. The lowest BCUT2D eigenvalue weighted by molar-refractivity contribution is 0.195. The standard InChI is InChI=1S/C11H14ClNO/c12-7-9-1-3-10(4-2-9)13-11-5-6-14-8-11/h1-4,11,13H,5-8H2. The molecule has 0 aromatic heterocycles. The summed E-state index contributed by atoms with van der Waals surface area (Å²) in [4.78, 5) is 0. The molecule has 1 aromatic carbocycles. The van der Waals surface area contributed by atoms with Gasteiger partial charge in [0.1, 0.15) is 0 Å². The van der Waals surface area contributed by atoms with Gasteiger partial charge in [-0.05, 0) is 24.1 Å². The van der Waals surface area contributed by atoms with Crippen molar-refractivity contribution in [3.63, 3.8) is 0 Å². The van der Waals surface area contributed by atoms with Crippen LogP contribution in [0.2, 0.25) is 0 Å². The summed E-state index contributed by atoms with van der Waals surface area (Å²) in [7, 11) is 0. The molecule has 1 heterocycles. The maximum atomic E-state index is 5.71. The molecular weight excluding hydrogens is 198 g/mol. The van der Waals surface area contributed by atoms with Crippen LogP contribution in [0.4, 0.5) is 5.69 Å². The predicted molar refractivity (Wildman–Crippen MR) is 58.8 cm³/mol. The first-order valence-electron chi connectivity index (χ1n) is 4.87. The van der Waals surface area contributed by atoms with Crippen LogP contribution in [0.1, 0.15) is 12.0 Å². The number of ether oxygens (including phenoxy) is 1. The van der Waals surface area contributed by atoms with Crippen LogP contribution >= 0.6 is 11.6 Å². The molecule has 1 N–H and O–H groups in total. The Hall–Kier alpha value is -0.730. The first kappa shape index (κ1) is 9.81. The van der Waals surface area contributed by atoms with Crippen LogP contribution in [0, 0.1) is 0 Å². The summed E-state index contributed by atoms with van der Waals surface area (Å²) in [6.45, 7) is 1.69. The van der Waals surface area contributed by atoms with E-state index in [0.717, 1.165) is 30.9 Å². The number of benzene rings is 1. The summed E-state index contributed by atoms with van der Waals surface area (Å²) < 4.78 is 5.29. The van der Waals surface area contributed by atoms with Crippen LogP contribution in [-0.2, 0) is 10.6 Å². The van der Waals surface area contributed by atoms with Crippen LogP contribution in [0.15, 0.2) is 24.3 Å². The second-order valence-corrected chi connectivity index (χ2v) is 3.80. The lowest BCUT2D eigenvalue weighted by Crippen LogP contribution is -2.18. The highest BCUT2D eigenvalue weighted by atomic mass is 35.5. The molecule has 14 heavy (non-hydrogen) atoms. The van der Waals surface area contributed by atoms with E-state index in [-0.39, 0.29) is 0 Å². The Morgan fingerprint density at radius 1 is 1.36 bits per heavy atom. The number of halogens is 1. The average molecular weight is 212 g/mol. The molecule has 0 radical (unpaired) electrons. The molecule has 76 valence electrons. The molecule has 0 bridgehead atoms. The second-order valence-electron chi connectivity index (χ2n) is 3.54. The molecule has 0 aliphatic carbocycles. The van der Waals surface area contributed by atoms with Crippen LogP contribution in [0.5, 0.6) is 0 Å². The normalized spacial score (nSPS) is 21.1.